The monoisotopic (exact) mass is 382 g/mol. The van der Waals surface area contributed by atoms with Crippen LogP contribution in [-0.4, -0.2) is 5.91 Å². The predicted molar refractivity (Wildman–Crippen MR) is 115 cm³/mol. The highest BCUT2D eigenvalue weighted by molar-refractivity contribution is 6.10. The van der Waals surface area contributed by atoms with Crippen molar-refractivity contribution in [2.24, 2.45) is 0 Å². The van der Waals surface area contributed by atoms with Crippen molar-refractivity contribution >= 4 is 17.7 Å². The molecule has 0 saturated heterocycles. The third-order valence-corrected chi connectivity index (χ3v) is 4.41. The second-order valence-electron chi connectivity index (χ2n) is 6.79. The predicted octanol–water partition coefficient (Wildman–Crippen LogP) is 5.43. The first-order valence-corrected chi connectivity index (χ1v) is 9.32. The maximum atomic E-state index is 12.5. The molecule has 0 atom stereocenters. The first kappa shape index (κ1) is 19.9. The van der Waals surface area contributed by atoms with Crippen LogP contribution in [0.1, 0.15) is 22.3 Å². The Kier molecular flexibility index (Phi) is 6.44. The van der Waals surface area contributed by atoms with Crippen LogP contribution in [0.3, 0.4) is 0 Å². The van der Waals surface area contributed by atoms with Gasteiger partial charge in [0.05, 0.1) is 0 Å². The Morgan fingerprint density at radius 1 is 1.03 bits per heavy atom. The zero-order valence-electron chi connectivity index (χ0n) is 16.5. The zero-order valence-corrected chi connectivity index (χ0v) is 16.5. The molecule has 0 aliphatic heterocycles. The Hall–Kier alpha value is -3.84. The summed E-state index contributed by atoms with van der Waals surface area (Å²) in [4.78, 5) is 12.5. The molecule has 3 aromatic carbocycles. The molecule has 0 aliphatic carbocycles. The molecule has 3 aromatic rings. The molecule has 0 unspecified atom stereocenters. The summed E-state index contributed by atoms with van der Waals surface area (Å²) in [5.41, 5.74) is 4.59. The molecule has 4 heteroatoms. The first-order chi connectivity index (χ1) is 14.0. The Bertz CT molecular complexity index is 1080. The van der Waals surface area contributed by atoms with Crippen molar-refractivity contribution in [3.8, 4) is 11.8 Å². The van der Waals surface area contributed by atoms with Gasteiger partial charge in [-0.1, -0.05) is 60.2 Å². The summed E-state index contributed by atoms with van der Waals surface area (Å²) < 4.78 is 5.82. The summed E-state index contributed by atoms with van der Waals surface area (Å²) in [6.07, 6.45) is 1.56. The van der Waals surface area contributed by atoms with Crippen LogP contribution in [-0.2, 0) is 11.4 Å². The largest absolute Gasteiger partial charge is 0.489 e. The number of rotatable bonds is 6. The van der Waals surface area contributed by atoms with Gasteiger partial charge in [-0.15, -0.1) is 0 Å². The number of hydrogen-bond donors (Lipinski definition) is 1. The fourth-order valence-corrected chi connectivity index (χ4v) is 2.89. The molecule has 144 valence electrons. The van der Waals surface area contributed by atoms with Gasteiger partial charge in [0, 0.05) is 5.69 Å². The van der Waals surface area contributed by atoms with Crippen molar-refractivity contribution in [1.29, 1.82) is 5.26 Å². The minimum absolute atomic E-state index is 0.0326. The fourth-order valence-electron chi connectivity index (χ4n) is 2.89. The van der Waals surface area contributed by atoms with E-state index in [0.29, 0.717) is 18.0 Å². The second kappa shape index (κ2) is 9.38. The quantitative estimate of drug-likeness (QED) is 0.457. The highest BCUT2D eigenvalue weighted by atomic mass is 16.5. The van der Waals surface area contributed by atoms with Gasteiger partial charge in [-0.05, 0) is 54.8 Å². The number of carbonyl (C=O) groups excluding carboxylic acids is 1. The van der Waals surface area contributed by atoms with E-state index in [0.717, 1.165) is 22.3 Å². The van der Waals surface area contributed by atoms with E-state index in [2.05, 4.69) is 5.32 Å². The number of nitrogens with zero attached hydrogens (tertiary/aromatic N) is 1. The van der Waals surface area contributed by atoms with Crippen molar-refractivity contribution in [2.75, 3.05) is 5.32 Å². The summed E-state index contributed by atoms with van der Waals surface area (Å²) in [5, 5.41) is 12.3. The molecule has 1 N–H and O–H groups in total. The van der Waals surface area contributed by atoms with Crippen LogP contribution in [0.15, 0.2) is 78.4 Å². The average Bonchev–Trinajstić information content (AvgIpc) is 2.73. The number of nitriles is 1. The third-order valence-electron chi connectivity index (χ3n) is 4.41. The van der Waals surface area contributed by atoms with Crippen molar-refractivity contribution in [2.45, 2.75) is 20.5 Å². The van der Waals surface area contributed by atoms with Gasteiger partial charge in [0.1, 0.15) is 24.0 Å². The number of hydrogen-bond acceptors (Lipinski definition) is 3. The van der Waals surface area contributed by atoms with Gasteiger partial charge in [-0.25, -0.2) is 0 Å². The van der Waals surface area contributed by atoms with E-state index >= 15 is 0 Å². The third kappa shape index (κ3) is 5.57. The van der Waals surface area contributed by atoms with Crippen LogP contribution in [0.2, 0.25) is 0 Å². The van der Waals surface area contributed by atoms with Gasteiger partial charge >= 0.3 is 0 Å². The maximum Gasteiger partial charge on any atom is 0.266 e. The van der Waals surface area contributed by atoms with Gasteiger partial charge in [-0.3, -0.25) is 4.79 Å². The van der Waals surface area contributed by atoms with E-state index < -0.39 is 5.91 Å². The Labute approximate surface area is 171 Å². The number of aryl methyl sites for hydroxylation is 2. The second-order valence-corrected chi connectivity index (χ2v) is 6.79. The van der Waals surface area contributed by atoms with Crippen LogP contribution >= 0.6 is 0 Å². The SMILES string of the molecule is Cc1ccc(NC(=O)/C(C#N)=C\c2cccc(OCc3ccccc3)c2)c(C)c1. The minimum atomic E-state index is -0.435. The number of benzene rings is 3. The number of nitrogens with one attached hydrogen (secondary N) is 1. The molecule has 0 spiro atoms. The Morgan fingerprint density at radius 2 is 1.83 bits per heavy atom. The molecule has 0 radical (unpaired) electrons. The molecule has 0 fully saturated rings. The van der Waals surface area contributed by atoms with Gasteiger partial charge in [0.2, 0.25) is 0 Å². The summed E-state index contributed by atoms with van der Waals surface area (Å²) in [6, 6.07) is 24.9. The van der Waals surface area contributed by atoms with E-state index in [4.69, 9.17) is 4.74 Å². The lowest BCUT2D eigenvalue weighted by Crippen LogP contribution is -2.14. The van der Waals surface area contributed by atoms with Crippen molar-refractivity contribution in [3.05, 3.63) is 101 Å². The normalized spacial score (nSPS) is 10.9. The smallest absolute Gasteiger partial charge is 0.266 e. The zero-order chi connectivity index (χ0) is 20.6. The molecule has 0 bridgehead atoms. The van der Waals surface area contributed by atoms with Gasteiger partial charge < -0.3 is 10.1 Å². The molecule has 3 rings (SSSR count). The van der Waals surface area contributed by atoms with E-state index in [1.165, 1.54) is 0 Å². The number of amides is 1. The van der Waals surface area contributed by atoms with Crippen LogP contribution < -0.4 is 10.1 Å². The molecule has 0 saturated carbocycles. The molecule has 1 amide bonds. The van der Waals surface area contributed by atoms with Gasteiger partial charge in [-0.2, -0.15) is 5.26 Å². The van der Waals surface area contributed by atoms with Crippen LogP contribution in [0.4, 0.5) is 5.69 Å². The maximum absolute atomic E-state index is 12.5. The van der Waals surface area contributed by atoms with E-state index in [1.54, 1.807) is 6.08 Å². The molecular weight excluding hydrogens is 360 g/mol. The summed E-state index contributed by atoms with van der Waals surface area (Å²) in [6.45, 7) is 4.37. The lowest BCUT2D eigenvalue weighted by molar-refractivity contribution is -0.112. The van der Waals surface area contributed by atoms with E-state index in [1.807, 2.05) is 92.7 Å². The summed E-state index contributed by atoms with van der Waals surface area (Å²) in [5.74, 6) is 0.241. The van der Waals surface area contributed by atoms with Gasteiger partial charge in [0.25, 0.3) is 5.91 Å². The lowest BCUT2D eigenvalue weighted by Gasteiger charge is -2.09. The van der Waals surface area contributed by atoms with Crippen molar-refractivity contribution < 1.29 is 9.53 Å². The average molecular weight is 382 g/mol. The van der Waals surface area contributed by atoms with E-state index in [-0.39, 0.29) is 5.57 Å². The molecular formula is C25H22N2O2. The van der Waals surface area contributed by atoms with E-state index in [9.17, 15) is 10.1 Å². The lowest BCUT2D eigenvalue weighted by atomic mass is 10.1. The van der Waals surface area contributed by atoms with Crippen molar-refractivity contribution in [1.82, 2.24) is 0 Å². The molecule has 0 aromatic heterocycles. The number of carbonyl (C=O) groups is 1. The molecule has 0 heterocycles. The Morgan fingerprint density at radius 3 is 2.55 bits per heavy atom. The first-order valence-electron chi connectivity index (χ1n) is 9.32. The van der Waals surface area contributed by atoms with Crippen molar-refractivity contribution in [3.63, 3.8) is 0 Å². The molecule has 29 heavy (non-hydrogen) atoms. The number of ether oxygens (including phenoxy) is 1. The van der Waals surface area contributed by atoms with Crippen LogP contribution in [0.25, 0.3) is 6.08 Å². The van der Waals surface area contributed by atoms with Crippen LogP contribution in [0.5, 0.6) is 5.75 Å². The van der Waals surface area contributed by atoms with Gasteiger partial charge in [0.15, 0.2) is 0 Å². The standard InChI is InChI=1S/C25H22N2O2/c1-18-11-12-24(19(2)13-18)27-25(28)22(16-26)14-21-9-6-10-23(15-21)29-17-20-7-4-3-5-8-20/h3-15H,17H2,1-2H3,(H,27,28)/b22-14-. The summed E-state index contributed by atoms with van der Waals surface area (Å²) >= 11 is 0. The van der Waals surface area contributed by atoms with Crippen LogP contribution in [0, 0.1) is 25.2 Å². The molecule has 0 aliphatic rings. The Balaban J connectivity index is 1.73. The topological polar surface area (TPSA) is 62.1 Å². The minimum Gasteiger partial charge on any atom is -0.489 e. The molecule has 4 nitrogen and oxygen atoms in total. The fraction of sp³-hybridized carbons (Fsp3) is 0.120. The summed E-state index contributed by atoms with van der Waals surface area (Å²) in [7, 11) is 0. The highest BCUT2D eigenvalue weighted by Gasteiger charge is 2.11. The highest BCUT2D eigenvalue weighted by Crippen LogP contribution is 2.20. The number of anilines is 1.